The highest BCUT2D eigenvalue weighted by Gasteiger charge is 2.44. The highest BCUT2D eigenvalue weighted by Crippen LogP contribution is 2.40. The lowest BCUT2D eigenvalue weighted by molar-refractivity contribution is -0.142. The zero-order valence-electron chi connectivity index (χ0n) is 13.4. The van der Waals surface area contributed by atoms with Crippen molar-refractivity contribution in [1.29, 1.82) is 0 Å². The van der Waals surface area contributed by atoms with Crippen molar-refractivity contribution < 1.29 is 15.0 Å². The number of hydrogen-bond acceptors (Lipinski definition) is 3. The second kappa shape index (κ2) is 5.92. The lowest BCUT2D eigenvalue weighted by Gasteiger charge is -2.33. The molecule has 1 saturated heterocycles. The maximum absolute atomic E-state index is 11.7. The summed E-state index contributed by atoms with van der Waals surface area (Å²) in [7, 11) is 0. The van der Waals surface area contributed by atoms with Crippen LogP contribution in [0.2, 0.25) is 0 Å². The number of carboxylic acid groups (broad SMARTS) is 1. The van der Waals surface area contributed by atoms with Crippen LogP contribution in [-0.4, -0.2) is 33.2 Å². The molecule has 1 aromatic rings. The highest BCUT2D eigenvalue weighted by molar-refractivity contribution is 5.74. The van der Waals surface area contributed by atoms with E-state index < -0.39 is 5.97 Å². The number of rotatable bonds is 3. The minimum absolute atomic E-state index is 0.343. The van der Waals surface area contributed by atoms with Crippen LogP contribution < -0.4 is 0 Å². The third kappa shape index (κ3) is 2.72. The Morgan fingerprint density at radius 1 is 1.23 bits per heavy atom. The lowest BCUT2D eigenvalue weighted by atomic mass is 9.84. The van der Waals surface area contributed by atoms with Crippen molar-refractivity contribution in [3.8, 4) is 5.75 Å². The smallest absolute Gasteiger partial charge is 0.320 e. The number of hydrogen-bond donors (Lipinski definition) is 2. The molecule has 1 aromatic carbocycles. The fourth-order valence-corrected chi connectivity index (χ4v) is 4.37. The summed E-state index contributed by atoms with van der Waals surface area (Å²) in [5.41, 5.74) is 2.83. The van der Waals surface area contributed by atoms with E-state index in [1.807, 2.05) is 26.0 Å². The maximum atomic E-state index is 11.7. The molecule has 2 N–H and O–H groups in total. The molecule has 0 bridgehead atoms. The van der Waals surface area contributed by atoms with Gasteiger partial charge in [0.1, 0.15) is 11.8 Å². The predicted octanol–water partition coefficient (Wildman–Crippen LogP) is 3.23. The molecule has 0 aromatic heterocycles. The fourth-order valence-electron chi connectivity index (χ4n) is 4.37. The van der Waals surface area contributed by atoms with Gasteiger partial charge in [0.2, 0.25) is 0 Å². The molecule has 1 saturated carbocycles. The molecule has 0 radical (unpaired) electrons. The zero-order chi connectivity index (χ0) is 15.9. The minimum Gasteiger partial charge on any atom is -0.507 e. The second-order valence-electron chi connectivity index (χ2n) is 6.95. The molecule has 2 aliphatic rings. The first-order valence-corrected chi connectivity index (χ1v) is 8.25. The van der Waals surface area contributed by atoms with Gasteiger partial charge in [0.25, 0.3) is 0 Å². The van der Waals surface area contributed by atoms with Gasteiger partial charge in [-0.1, -0.05) is 25.0 Å². The molecule has 3 unspecified atom stereocenters. The number of carboxylic acids is 1. The van der Waals surface area contributed by atoms with Gasteiger partial charge < -0.3 is 10.2 Å². The summed E-state index contributed by atoms with van der Waals surface area (Å²) < 4.78 is 0. The summed E-state index contributed by atoms with van der Waals surface area (Å²) in [6, 6.07) is 4.02. The quantitative estimate of drug-likeness (QED) is 0.900. The Labute approximate surface area is 131 Å². The molecule has 4 nitrogen and oxygen atoms in total. The van der Waals surface area contributed by atoms with Crippen molar-refractivity contribution in [2.45, 2.75) is 64.6 Å². The summed E-state index contributed by atoms with van der Waals surface area (Å²) in [5.74, 6) is 0.186. The Balaban J connectivity index is 1.86. The van der Waals surface area contributed by atoms with E-state index in [-0.39, 0.29) is 6.04 Å². The highest BCUT2D eigenvalue weighted by atomic mass is 16.4. The summed E-state index contributed by atoms with van der Waals surface area (Å²) >= 11 is 0. The Hall–Kier alpha value is -1.55. The molecular weight excluding hydrogens is 278 g/mol. The largest absolute Gasteiger partial charge is 0.507 e. The molecular formula is C18H25NO3. The van der Waals surface area contributed by atoms with Crippen LogP contribution in [0.4, 0.5) is 0 Å². The summed E-state index contributed by atoms with van der Waals surface area (Å²) in [4.78, 5) is 13.8. The average molecular weight is 303 g/mol. The lowest BCUT2D eigenvalue weighted by Crippen LogP contribution is -2.41. The van der Waals surface area contributed by atoms with E-state index in [1.165, 1.54) is 19.3 Å². The molecule has 2 fully saturated rings. The van der Waals surface area contributed by atoms with Crippen LogP contribution >= 0.6 is 0 Å². The van der Waals surface area contributed by atoms with Gasteiger partial charge >= 0.3 is 5.97 Å². The molecule has 0 amide bonds. The van der Waals surface area contributed by atoms with Crippen molar-refractivity contribution in [2.75, 3.05) is 0 Å². The number of carbonyl (C=O) groups is 1. The summed E-state index contributed by atoms with van der Waals surface area (Å²) in [6.45, 7) is 4.46. The number of fused-ring (bicyclic) bond motifs is 1. The van der Waals surface area contributed by atoms with Crippen molar-refractivity contribution in [3.05, 3.63) is 28.8 Å². The number of aryl methyl sites for hydroxylation is 2. The Kier molecular flexibility index (Phi) is 4.13. The van der Waals surface area contributed by atoms with Crippen molar-refractivity contribution in [3.63, 3.8) is 0 Å². The number of phenols is 1. The number of aromatic hydroxyl groups is 1. The fraction of sp³-hybridized carbons (Fsp3) is 0.611. The molecule has 22 heavy (non-hydrogen) atoms. The normalized spacial score (nSPS) is 28.5. The van der Waals surface area contributed by atoms with Gasteiger partial charge in [0.05, 0.1) is 0 Å². The van der Waals surface area contributed by atoms with Gasteiger partial charge in [0, 0.05) is 12.6 Å². The van der Waals surface area contributed by atoms with Crippen LogP contribution in [0.3, 0.4) is 0 Å². The van der Waals surface area contributed by atoms with Gasteiger partial charge in [-0.2, -0.15) is 0 Å². The Morgan fingerprint density at radius 3 is 2.50 bits per heavy atom. The summed E-state index contributed by atoms with van der Waals surface area (Å²) in [6.07, 6.45) is 5.51. The Morgan fingerprint density at radius 2 is 1.86 bits per heavy atom. The van der Waals surface area contributed by atoms with Gasteiger partial charge in [-0.15, -0.1) is 0 Å². The van der Waals surface area contributed by atoms with E-state index in [0.717, 1.165) is 29.5 Å². The maximum Gasteiger partial charge on any atom is 0.320 e. The minimum atomic E-state index is -0.693. The van der Waals surface area contributed by atoms with Crippen molar-refractivity contribution in [1.82, 2.24) is 4.90 Å². The number of aliphatic carboxylic acids is 1. The van der Waals surface area contributed by atoms with E-state index in [9.17, 15) is 15.0 Å². The van der Waals surface area contributed by atoms with Gasteiger partial charge in [-0.3, -0.25) is 9.69 Å². The van der Waals surface area contributed by atoms with Gasteiger partial charge in [-0.05, 0) is 55.7 Å². The number of likely N-dealkylation sites (tertiary alicyclic amines) is 1. The average Bonchev–Trinajstić information content (AvgIpc) is 2.84. The van der Waals surface area contributed by atoms with E-state index in [0.29, 0.717) is 24.3 Å². The van der Waals surface area contributed by atoms with Crippen LogP contribution in [0.15, 0.2) is 12.1 Å². The zero-order valence-corrected chi connectivity index (χ0v) is 13.4. The molecule has 0 spiro atoms. The van der Waals surface area contributed by atoms with Gasteiger partial charge in [-0.25, -0.2) is 0 Å². The first-order chi connectivity index (χ1) is 10.5. The van der Waals surface area contributed by atoms with Crippen molar-refractivity contribution in [2.24, 2.45) is 5.92 Å². The molecule has 1 aliphatic heterocycles. The summed E-state index contributed by atoms with van der Waals surface area (Å²) in [5, 5.41) is 19.5. The number of benzene rings is 1. The monoisotopic (exact) mass is 303 g/mol. The van der Waals surface area contributed by atoms with Crippen LogP contribution in [0.25, 0.3) is 0 Å². The van der Waals surface area contributed by atoms with Crippen LogP contribution in [0, 0.1) is 19.8 Å². The Bertz CT molecular complexity index is 561. The molecule has 120 valence electrons. The third-order valence-corrected chi connectivity index (χ3v) is 5.42. The first kappa shape index (κ1) is 15.3. The van der Waals surface area contributed by atoms with Crippen LogP contribution in [0.1, 0.15) is 48.8 Å². The molecule has 1 aliphatic carbocycles. The van der Waals surface area contributed by atoms with Crippen molar-refractivity contribution >= 4 is 5.97 Å². The van der Waals surface area contributed by atoms with Gasteiger partial charge in [0.15, 0.2) is 0 Å². The first-order valence-electron chi connectivity index (χ1n) is 8.25. The van der Waals surface area contributed by atoms with Crippen LogP contribution in [-0.2, 0) is 11.3 Å². The van der Waals surface area contributed by atoms with E-state index in [2.05, 4.69) is 4.90 Å². The number of phenolic OH excluding ortho intramolecular Hbond substituents is 1. The van der Waals surface area contributed by atoms with E-state index >= 15 is 0 Å². The van der Waals surface area contributed by atoms with Crippen LogP contribution in [0.5, 0.6) is 5.75 Å². The molecule has 4 heteroatoms. The predicted molar refractivity (Wildman–Crippen MR) is 84.9 cm³/mol. The standard InChI is InChI=1S/C18H25NO3/c1-11-7-13(8-12(2)17(11)20)10-19-15-6-4-3-5-14(15)9-16(19)18(21)22/h7-8,14-16,20H,3-6,9-10H2,1-2H3,(H,21,22). The SMILES string of the molecule is Cc1cc(CN2C(C(=O)O)CC3CCCCC32)cc(C)c1O. The molecule has 1 heterocycles. The number of nitrogens with zero attached hydrogens (tertiary/aromatic N) is 1. The molecule has 3 atom stereocenters. The topological polar surface area (TPSA) is 60.8 Å². The second-order valence-corrected chi connectivity index (χ2v) is 6.95. The molecule has 3 rings (SSSR count). The third-order valence-electron chi connectivity index (χ3n) is 5.42. The van der Waals surface area contributed by atoms with E-state index in [1.54, 1.807) is 0 Å². The van der Waals surface area contributed by atoms with E-state index in [4.69, 9.17) is 0 Å².